The molecule has 2 rings (SSSR count). The summed E-state index contributed by atoms with van der Waals surface area (Å²) < 4.78 is 5.27. The van der Waals surface area contributed by atoms with Crippen LogP contribution in [0.2, 0.25) is 0 Å². The molecule has 0 aliphatic rings. The number of rotatable bonds is 5. The number of nitrogens with zero attached hydrogens (tertiary/aromatic N) is 1. The van der Waals surface area contributed by atoms with Crippen molar-refractivity contribution >= 4 is 6.21 Å². The van der Waals surface area contributed by atoms with Crippen LogP contribution in [0.15, 0.2) is 53.7 Å². The molecule has 0 saturated heterocycles. The number of oxime groups is 1. The van der Waals surface area contributed by atoms with Crippen LogP contribution in [0.4, 0.5) is 0 Å². The molecule has 0 aromatic heterocycles. The molecule has 0 atom stereocenters. The first-order valence-electron chi connectivity index (χ1n) is 6.63. The summed E-state index contributed by atoms with van der Waals surface area (Å²) in [6, 6.07) is 16.0. The quantitative estimate of drug-likeness (QED) is 0.604. The lowest BCUT2D eigenvalue weighted by atomic mass is 10.0. The maximum absolute atomic E-state index is 5.27. The van der Waals surface area contributed by atoms with Gasteiger partial charge < -0.3 is 9.57 Å². The summed E-state index contributed by atoms with van der Waals surface area (Å²) in [6.07, 6.45) is 1.82. The Balaban J connectivity index is 2.33. The predicted octanol–water partition coefficient (Wildman–Crippen LogP) is 4.12. The van der Waals surface area contributed by atoms with Crippen LogP contribution in [-0.2, 0) is 4.84 Å². The number of hydrogen-bond donors (Lipinski definition) is 0. The monoisotopic (exact) mass is 269 g/mol. The molecule has 3 nitrogen and oxygen atoms in total. The van der Waals surface area contributed by atoms with Gasteiger partial charge in [0.15, 0.2) is 0 Å². The predicted molar refractivity (Wildman–Crippen MR) is 82.2 cm³/mol. The summed E-state index contributed by atoms with van der Waals surface area (Å²) in [6.45, 7) is 3.90. The summed E-state index contributed by atoms with van der Waals surface area (Å²) in [5, 5.41) is 4.01. The average molecular weight is 269 g/mol. The smallest absolute Gasteiger partial charge is 0.122 e. The van der Waals surface area contributed by atoms with E-state index in [9.17, 15) is 0 Å². The average Bonchev–Trinajstić information content (AvgIpc) is 2.47. The van der Waals surface area contributed by atoms with Gasteiger partial charge in [-0.2, -0.15) is 0 Å². The lowest BCUT2D eigenvalue weighted by Gasteiger charge is -2.08. The van der Waals surface area contributed by atoms with Gasteiger partial charge in [0.2, 0.25) is 0 Å². The molecule has 0 aliphatic heterocycles. The molecule has 20 heavy (non-hydrogen) atoms. The molecule has 3 heteroatoms. The molecule has 0 aliphatic carbocycles. The van der Waals surface area contributed by atoms with E-state index < -0.39 is 0 Å². The molecule has 0 amide bonds. The standard InChI is InChI=1S/C17H19NO2/c1-13(2)20-18-12-15-7-4-5-10-17(15)14-8-6-9-16(11-14)19-3/h4-13H,1-3H3. The maximum Gasteiger partial charge on any atom is 0.122 e. The second-order valence-corrected chi connectivity index (χ2v) is 4.71. The van der Waals surface area contributed by atoms with Crippen LogP contribution in [0, 0.1) is 0 Å². The third-order valence-electron chi connectivity index (χ3n) is 2.80. The van der Waals surface area contributed by atoms with E-state index in [0.29, 0.717) is 0 Å². The van der Waals surface area contributed by atoms with E-state index in [4.69, 9.17) is 9.57 Å². The molecule has 0 N–H and O–H groups in total. The molecule has 0 heterocycles. The normalized spacial score (nSPS) is 11.0. The van der Waals surface area contributed by atoms with Crippen LogP contribution in [0.5, 0.6) is 5.75 Å². The number of benzene rings is 2. The molecule has 2 aromatic rings. The molecule has 0 radical (unpaired) electrons. The Hall–Kier alpha value is -2.29. The van der Waals surface area contributed by atoms with Crippen molar-refractivity contribution in [1.29, 1.82) is 0 Å². The minimum absolute atomic E-state index is 0.0789. The van der Waals surface area contributed by atoms with E-state index >= 15 is 0 Å². The molecule has 104 valence electrons. The fourth-order valence-electron chi connectivity index (χ4n) is 1.87. The number of methoxy groups -OCH3 is 1. The van der Waals surface area contributed by atoms with E-state index in [2.05, 4.69) is 17.3 Å². The first-order valence-corrected chi connectivity index (χ1v) is 6.63. The van der Waals surface area contributed by atoms with Gasteiger partial charge in [0.1, 0.15) is 11.9 Å². The molecule has 0 spiro atoms. The fourth-order valence-corrected chi connectivity index (χ4v) is 1.87. The molecule has 0 fully saturated rings. The van der Waals surface area contributed by atoms with E-state index in [-0.39, 0.29) is 6.10 Å². The largest absolute Gasteiger partial charge is 0.497 e. The van der Waals surface area contributed by atoms with Gasteiger partial charge in [-0.1, -0.05) is 41.6 Å². The highest BCUT2D eigenvalue weighted by Crippen LogP contribution is 2.26. The Morgan fingerprint density at radius 1 is 1.05 bits per heavy atom. The molecular weight excluding hydrogens is 250 g/mol. The SMILES string of the molecule is COc1cccc(-c2ccccc2C=NOC(C)C)c1. The Morgan fingerprint density at radius 2 is 1.85 bits per heavy atom. The molecular formula is C17H19NO2. The van der Waals surface area contributed by atoms with Crippen LogP contribution >= 0.6 is 0 Å². The summed E-state index contributed by atoms with van der Waals surface area (Å²) >= 11 is 0. The maximum atomic E-state index is 5.27. The minimum Gasteiger partial charge on any atom is -0.497 e. The van der Waals surface area contributed by atoms with Crippen molar-refractivity contribution < 1.29 is 9.57 Å². The van der Waals surface area contributed by atoms with Crippen molar-refractivity contribution in [2.75, 3.05) is 7.11 Å². The van der Waals surface area contributed by atoms with Crippen molar-refractivity contribution in [2.45, 2.75) is 20.0 Å². The second-order valence-electron chi connectivity index (χ2n) is 4.71. The van der Waals surface area contributed by atoms with Crippen molar-refractivity contribution in [3.05, 3.63) is 54.1 Å². The van der Waals surface area contributed by atoms with Crippen molar-refractivity contribution in [2.24, 2.45) is 5.16 Å². The second kappa shape index (κ2) is 6.75. The zero-order valence-corrected chi connectivity index (χ0v) is 12.0. The Morgan fingerprint density at radius 3 is 2.60 bits per heavy atom. The topological polar surface area (TPSA) is 30.8 Å². The zero-order chi connectivity index (χ0) is 14.4. The third-order valence-corrected chi connectivity index (χ3v) is 2.80. The Bertz CT molecular complexity index is 591. The molecule has 2 aromatic carbocycles. The van der Waals surface area contributed by atoms with Gasteiger partial charge in [0, 0.05) is 5.56 Å². The first-order chi connectivity index (χ1) is 9.70. The molecule has 0 bridgehead atoms. The summed E-state index contributed by atoms with van der Waals surface area (Å²) in [7, 11) is 1.67. The number of hydrogen-bond acceptors (Lipinski definition) is 3. The van der Waals surface area contributed by atoms with Gasteiger partial charge in [-0.25, -0.2) is 0 Å². The van der Waals surface area contributed by atoms with Crippen molar-refractivity contribution in [1.82, 2.24) is 0 Å². The first kappa shape index (κ1) is 14.1. The van der Waals surface area contributed by atoms with Crippen LogP contribution in [0.1, 0.15) is 19.4 Å². The molecule has 0 saturated carbocycles. The van der Waals surface area contributed by atoms with Gasteiger partial charge in [-0.3, -0.25) is 0 Å². The Kier molecular flexibility index (Phi) is 4.77. The summed E-state index contributed by atoms with van der Waals surface area (Å²) in [5.74, 6) is 0.840. The van der Waals surface area contributed by atoms with Gasteiger partial charge in [-0.15, -0.1) is 0 Å². The lowest BCUT2D eigenvalue weighted by Crippen LogP contribution is -1.97. The van der Waals surface area contributed by atoms with Gasteiger partial charge >= 0.3 is 0 Å². The minimum atomic E-state index is 0.0789. The third kappa shape index (κ3) is 3.60. The van der Waals surface area contributed by atoms with E-state index in [1.807, 2.05) is 50.2 Å². The van der Waals surface area contributed by atoms with Crippen molar-refractivity contribution in [3.63, 3.8) is 0 Å². The highest BCUT2D eigenvalue weighted by Gasteiger charge is 2.04. The summed E-state index contributed by atoms with van der Waals surface area (Å²) in [4.78, 5) is 5.23. The highest BCUT2D eigenvalue weighted by molar-refractivity contribution is 5.90. The molecule has 0 unspecified atom stereocenters. The van der Waals surface area contributed by atoms with Gasteiger partial charge in [0.05, 0.1) is 13.3 Å². The van der Waals surface area contributed by atoms with E-state index in [0.717, 1.165) is 22.4 Å². The van der Waals surface area contributed by atoms with Crippen LogP contribution in [0.3, 0.4) is 0 Å². The van der Waals surface area contributed by atoms with E-state index in [1.54, 1.807) is 13.3 Å². The van der Waals surface area contributed by atoms with E-state index in [1.165, 1.54) is 0 Å². The lowest BCUT2D eigenvalue weighted by molar-refractivity contribution is 0.0874. The fraction of sp³-hybridized carbons (Fsp3) is 0.235. The van der Waals surface area contributed by atoms with Crippen molar-refractivity contribution in [3.8, 4) is 16.9 Å². The van der Waals surface area contributed by atoms with Crippen LogP contribution in [-0.4, -0.2) is 19.4 Å². The zero-order valence-electron chi connectivity index (χ0n) is 12.0. The Labute approximate surface area is 119 Å². The van der Waals surface area contributed by atoms with Crippen LogP contribution < -0.4 is 4.74 Å². The highest BCUT2D eigenvalue weighted by atomic mass is 16.6. The van der Waals surface area contributed by atoms with Gasteiger partial charge in [-0.05, 0) is 37.1 Å². The van der Waals surface area contributed by atoms with Crippen LogP contribution in [0.25, 0.3) is 11.1 Å². The van der Waals surface area contributed by atoms with Gasteiger partial charge in [0.25, 0.3) is 0 Å². The number of ether oxygens (including phenoxy) is 1. The summed E-state index contributed by atoms with van der Waals surface area (Å²) in [5.41, 5.74) is 3.21.